The molecule has 6 nitrogen and oxygen atoms in total. The van der Waals surface area contributed by atoms with Crippen molar-refractivity contribution in [3.63, 3.8) is 0 Å². The first-order valence-electron chi connectivity index (χ1n) is 3.62. The average molecular weight is 193 g/mol. The van der Waals surface area contributed by atoms with Gasteiger partial charge in [-0.3, -0.25) is 10.1 Å². The lowest BCUT2D eigenvalue weighted by atomic mass is 10.1. The maximum absolute atomic E-state index is 10.4. The number of nitro benzene ring substituents is 1. The van der Waals surface area contributed by atoms with Crippen LogP contribution in [0.15, 0.2) is 12.1 Å². The third-order valence-electron chi connectivity index (χ3n) is 1.66. The van der Waals surface area contributed by atoms with E-state index >= 15 is 0 Å². The number of hydrogen-bond donors (Lipinski definition) is 1. The van der Waals surface area contributed by atoms with E-state index in [2.05, 4.69) is 0 Å². The molecule has 0 fully saturated rings. The van der Waals surface area contributed by atoms with Crippen molar-refractivity contribution in [3.8, 4) is 11.8 Å². The summed E-state index contributed by atoms with van der Waals surface area (Å²) in [4.78, 5) is 9.84. The Labute approximate surface area is 79.7 Å². The molecule has 0 aromatic heterocycles. The van der Waals surface area contributed by atoms with Gasteiger partial charge in [0.25, 0.3) is 5.69 Å². The van der Waals surface area contributed by atoms with E-state index in [0.29, 0.717) is 0 Å². The standard InChI is InChI=1S/C8H7N3O3/c1-14-8-3-5(11(12)13)2-7(10)6(8)4-9/h2-3H,10H2,1H3. The molecule has 0 atom stereocenters. The molecule has 0 aliphatic heterocycles. The first kappa shape index (κ1) is 9.80. The number of nitriles is 1. The number of nitrogen functional groups attached to an aromatic ring is 1. The van der Waals surface area contributed by atoms with Gasteiger partial charge in [-0.1, -0.05) is 0 Å². The normalized spacial score (nSPS) is 9.14. The topological polar surface area (TPSA) is 102 Å². The van der Waals surface area contributed by atoms with Gasteiger partial charge >= 0.3 is 0 Å². The lowest BCUT2D eigenvalue weighted by Crippen LogP contribution is -1.98. The number of anilines is 1. The molecule has 0 saturated heterocycles. The summed E-state index contributed by atoms with van der Waals surface area (Å²) in [7, 11) is 1.32. The highest BCUT2D eigenvalue weighted by molar-refractivity contribution is 5.65. The molecule has 0 aliphatic rings. The Morgan fingerprint density at radius 3 is 2.71 bits per heavy atom. The van der Waals surface area contributed by atoms with Gasteiger partial charge in [-0.25, -0.2) is 0 Å². The van der Waals surface area contributed by atoms with Crippen LogP contribution in [-0.2, 0) is 0 Å². The zero-order valence-electron chi connectivity index (χ0n) is 7.35. The van der Waals surface area contributed by atoms with Crippen LogP contribution in [0, 0.1) is 21.4 Å². The van der Waals surface area contributed by atoms with Crippen LogP contribution in [0.5, 0.6) is 5.75 Å². The first-order valence-corrected chi connectivity index (χ1v) is 3.62. The van der Waals surface area contributed by atoms with Crippen LogP contribution in [0.3, 0.4) is 0 Å². The molecule has 72 valence electrons. The van der Waals surface area contributed by atoms with Crippen molar-refractivity contribution in [3.05, 3.63) is 27.8 Å². The molecular weight excluding hydrogens is 186 g/mol. The van der Waals surface area contributed by atoms with Crippen LogP contribution in [0.25, 0.3) is 0 Å². The van der Waals surface area contributed by atoms with Gasteiger partial charge in [0.1, 0.15) is 17.4 Å². The number of nitrogens with two attached hydrogens (primary N) is 1. The fourth-order valence-corrected chi connectivity index (χ4v) is 1.01. The Morgan fingerprint density at radius 1 is 1.64 bits per heavy atom. The van der Waals surface area contributed by atoms with E-state index in [1.807, 2.05) is 6.07 Å². The predicted octanol–water partition coefficient (Wildman–Crippen LogP) is 1.06. The molecule has 1 aromatic carbocycles. The van der Waals surface area contributed by atoms with Crippen molar-refractivity contribution in [2.24, 2.45) is 0 Å². The van der Waals surface area contributed by atoms with Crippen LogP contribution < -0.4 is 10.5 Å². The number of methoxy groups -OCH3 is 1. The summed E-state index contributed by atoms with van der Waals surface area (Å²) in [5.41, 5.74) is 5.39. The summed E-state index contributed by atoms with van der Waals surface area (Å²) in [5.74, 6) is 0.110. The molecule has 0 spiro atoms. The molecule has 0 saturated carbocycles. The highest BCUT2D eigenvalue weighted by Crippen LogP contribution is 2.29. The van der Waals surface area contributed by atoms with Crippen LogP contribution in [0.1, 0.15) is 5.56 Å². The molecule has 0 aliphatic carbocycles. The molecule has 0 heterocycles. The Balaban J connectivity index is 3.40. The minimum Gasteiger partial charge on any atom is -0.495 e. The minimum atomic E-state index is -0.597. The molecule has 14 heavy (non-hydrogen) atoms. The second-order valence-corrected chi connectivity index (χ2v) is 2.48. The second kappa shape index (κ2) is 3.62. The van der Waals surface area contributed by atoms with Gasteiger partial charge in [-0.15, -0.1) is 0 Å². The van der Waals surface area contributed by atoms with Gasteiger partial charge < -0.3 is 10.5 Å². The number of ether oxygens (including phenoxy) is 1. The summed E-state index contributed by atoms with van der Waals surface area (Å²) in [5, 5.41) is 19.1. The lowest BCUT2D eigenvalue weighted by molar-refractivity contribution is -0.384. The van der Waals surface area contributed by atoms with Gasteiger partial charge in [0, 0.05) is 6.07 Å². The number of nitrogens with zero attached hydrogens (tertiary/aromatic N) is 2. The van der Waals surface area contributed by atoms with Crippen molar-refractivity contribution in [2.75, 3.05) is 12.8 Å². The molecular formula is C8H7N3O3. The Hall–Kier alpha value is -2.29. The van der Waals surface area contributed by atoms with Crippen LogP contribution in [0.4, 0.5) is 11.4 Å². The quantitative estimate of drug-likeness (QED) is 0.429. The molecule has 1 aromatic rings. The predicted molar refractivity (Wildman–Crippen MR) is 48.8 cm³/mol. The highest BCUT2D eigenvalue weighted by Gasteiger charge is 2.14. The Morgan fingerprint density at radius 2 is 2.29 bits per heavy atom. The van der Waals surface area contributed by atoms with Gasteiger partial charge in [0.2, 0.25) is 0 Å². The van der Waals surface area contributed by atoms with Gasteiger partial charge in [0.05, 0.1) is 23.8 Å². The molecule has 1 rings (SSSR count). The number of rotatable bonds is 2. The average Bonchev–Trinajstić information content (AvgIpc) is 2.16. The molecule has 0 amide bonds. The molecule has 6 heteroatoms. The van der Waals surface area contributed by atoms with Crippen molar-refractivity contribution in [2.45, 2.75) is 0 Å². The summed E-state index contributed by atoms with van der Waals surface area (Å²) in [6.07, 6.45) is 0. The van der Waals surface area contributed by atoms with Crippen LogP contribution in [-0.4, -0.2) is 12.0 Å². The molecule has 0 bridgehead atoms. The fourth-order valence-electron chi connectivity index (χ4n) is 1.01. The van der Waals surface area contributed by atoms with E-state index < -0.39 is 4.92 Å². The minimum absolute atomic E-state index is 0.0403. The van der Waals surface area contributed by atoms with Crippen molar-refractivity contribution in [1.82, 2.24) is 0 Å². The fraction of sp³-hybridized carbons (Fsp3) is 0.125. The molecule has 0 unspecified atom stereocenters. The van der Waals surface area contributed by atoms with E-state index in [0.717, 1.165) is 12.1 Å². The first-order chi connectivity index (χ1) is 6.60. The van der Waals surface area contributed by atoms with Crippen molar-refractivity contribution >= 4 is 11.4 Å². The lowest BCUT2D eigenvalue weighted by Gasteiger charge is -2.04. The Bertz CT molecular complexity index is 423. The van der Waals surface area contributed by atoms with Gasteiger partial charge in [0.15, 0.2) is 0 Å². The van der Waals surface area contributed by atoms with Gasteiger partial charge in [-0.05, 0) is 0 Å². The third-order valence-corrected chi connectivity index (χ3v) is 1.66. The van der Waals surface area contributed by atoms with E-state index in [-0.39, 0.29) is 22.7 Å². The summed E-state index contributed by atoms with van der Waals surface area (Å²) in [6, 6.07) is 4.10. The molecule has 0 radical (unpaired) electrons. The van der Waals surface area contributed by atoms with E-state index in [4.69, 9.17) is 15.7 Å². The molecule has 2 N–H and O–H groups in total. The van der Waals surface area contributed by atoms with Crippen LogP contribution >= 0.6 is 0 Å². The smallest absolute Gasteiger partial charge is 0.275 e. The van der Waals surface area contributed by atoms with Crippen molar-refractivity contribution in [1.29, 1.82) is 5.26 Å². The van der Waals surface area contributed by atoms with Gasteiger partial charge in [-0.2, -0.15) is 5.26 Å². The summed E-state index contributed by atoms with van der Waals surface area (Å²) < 4.78 is 4.80. The maximum Gasteiger partial charge on any atom is 0.275 e. The van der Waals surface area contributed by atoms with E-state index in [9.17, 15) is 10.1 Å². The van der Waals surface area contributed by atoms with Crippen molar-refractivity contribution < 1.29 is 9.66 Å². The monoisotopic (exact) mass is 193 g/mol. The highest BCUT2D eigenvalue weighted by atomic mass is 16.6. The number of non-ortho nitro benzene ring substituents is 1. The van der Waals surface area contributed by atoms with E-state index in [1.54, 1.807) is 0 Å². The maximum atomic E-state index is 10.4. The third kappa shape index (κ3) is 1.56. The second-order valence-electron chi connectivity index (χ2n) is 2.48. The van der Waals surface area contributed by atoms with Crippen LogP contribution in [0.2, 0.25) is 0 Å². The van der Waals surface area contributed by atoms with E-state index in [1.165, 1.54) is 7.11 Å². The Kier molecular flexibility index (Phi) is 2.53. The SMILES string of the molecule is COc1cc([N+](=O)[O-])cc(N)c1C#N. The zero-order chi connectivity index (χ0) is 10.7. The zero-order valence-corrected chi connectivity index (χ0v) is 7.35. The number of nitro groups is 1. The summed E-state index contributed by atoms with van der Waals surface area (Å²) in [6.45, 7) is 0. The number of benzene rings is 1. The summed E-state index contributed by atoms with van der Waals surface area (Å²) >= 11 is 0. The largest absolute Gasteiger partial charge is 0.495 e. The number of hydrogen-bond acceptors (Lipinski definition) is 5.